The molecule has 0 spiro atoms. The first-order valence-corrected chi connectivity index (χ1v) is 13.2. The fourth-order valence-corrected chi connectivity index (χ4v) is 4.66. The number of halogens is 1. The highest BCUT2D eigenvalue weighted by Gasteiger charge is 2.27. The largest absolute Gasteiger partial charge is 0.379 e. The molecule has 0 bridgehead atoms. The first-order valence-electron chi connectivity index (χ1n) is 13.2. The average Bonchev–Trinajstić information content (AvgIpc) is 3.36. The summed E-state index contributed by atoms with van der Waals surface area (Å²) in [7, 11) is 0. The molecule has 0 saturated carbocycles. The lowest BCUT2D eigenvalue weighted by atomic mass is 10.0. The maximum Gasteiger partial charge on any atom is 0.236 e. The number of benzene rings is 2. The van der Waals surface area contributed by atoms with Crippen LogP contribution in [0.15, 0.2) is 60.7 Å². The number of amides is 1. The molecule has 2 aromatic carbocycles. The third-order valence-corrected chi connectivity index (χ3v) is 6.67. The maximum absolute atomic E-state index is 11.8. The number of hydrogen-bond acceptors (Lipinski definition) is 3. The number of nitrogens with zero attached hydrogens (tertiary/aromatic N) is 1. The molecule has 3 rings (SSSR count). The molecule has 2 aromatic rings. The van der Waals surface area contributed by atoms with Crippen molar-refractivity contribution in [1.29, 1.82) is 0 Å². The number of likely N-dealkylation sites (tertiary alicyclic amines) is 1. The highest BCUT2D eigenvalue weighted by atomic mass is 35.5. The van der Waals surface area contributed by atoms with Gasteiger partial charge in [-0.2, -0.15) is 0 Å². The molecule has 1 aliphatic rings. The third kappa shape index (κ3) is 10.6. The van der Waals surface area contributed by atoms with Crippen LogP contribution in [0, 0.1) is 0 Å². The molecular formula is C30H43ClN2O2. The van der Waals surface area contributed by atoms with Crippen molar-refractivity contribution in [3.8, 4) is 11.1 Å². The summed E-state index contributed by atoms with van der Waals surface area (Å²) in [6.07, 6.45) is 16.6. The van der Waals surface area contributed by atoms with E-state index in [4.69, 9.17) is 10.5 Å². The van der Waals surface area contributed by atoms with Crippen LogP contribution in [-0.2, 0) is 9.53 Å². The Kier molecular flexibility index (Phi) is 14.4. The number of allylic oxidation sites excluding steroid dienone is 1. The van der Waals surface area contributed by atoms with Gasteiger partial charge in [-0.25, -0.2) is 0 Å². The van der Waals surface area contributed by atoms with Crippen LogP contribution in [0.25, 0.3) is 17.2 Å². The Hall–Kier alpha value is -2.14. The highest BCUT2D eigenvalue weighted by molar-refractivity contribution is 5.85. The van der Waals surface area contributed by atoms with Crippen molar-refractivity contribution in [3.05, 3.63) is 66.2 Å². The Morgan fingerprint density at radius 2 is 1.57 bits per heavy atom. The van der Waals surface area contributed by atoms with Gasteiger partial charge >= 0.3 is 0 Å². The minimum atomic E-state index is 0. The smallest absolute Gasteiger partial charge is 0.236 e. The van der Waals surface area contributed by atoms with Crippen molar-refractivity contribution in [2.24, 2.45) is 5.73 Å². The van der Waals surface area contributed by atoms with Crippen LogP contribution < -0.4 is 5.73 Å². The first kappa shape index (κ1) is 29.1. The van der Waals surface area contributed by atoms with E-state index < -0.39 is 0 Å². The van der Waals surface area contributed by atoms with E-state index in [2.05, 4.69) is 66.7 Å². The Bertz CT molecular complexity index is 854. The summed E-state index contributed by atoms with van der Waals surface area (Å²) in [5.41, 5.74) is 9.30. The summed E-state index contributed by atoms with van der Waals surface area (Å²) < 4.78 is 5.84. The highest BCUT2D eigenvalue weighted by Crippen LogP contribution is 2.20. The van der Waals surface area contributed by atoms with E-state index in [1.165, 1.54) is 55.2 Å². The Morgan fingerprint density at radius 1 is 0.914 bits per heavy atom. The van der Waals surface area contributed by atoms with Crippen molar-refractivity contribution in [1.82, 2.24) is 4.90 Å². The molecule has 35 heavy (non-hydrogen) atoms. The average molecular weight is 499 g/mol. The van der Waals surface area contributed by atoms with Crippen LogP contribution in [-0.4, -0.2) is 43.2 Å². The lowest BCUT2D eigenvalue weighted by molar-refractivity contribution is -0.131. The molecule has 1 fully saturated rings. The molecular weight excluding hydrogens is 456 g/mol. The maximum atomic E-state index is 11.8. The first-order chi connectivity index (χ1) is 16.8. The second kappa shape index (κ2) is 17.3. The van der Waals surface area contributed by atoms with Gasteiger partial charge in [0.1, 0.15) is 0 Å². The summed E-state index contributed by atoms with van der Waals surface area (Å²) >= 11 is 0. The second-order valence-electron chi connectivity index (χ2n) is 9.32. The number of unbranched alkanes of at least 4 members (excludes halogenated alkanes) is 7. The summed E-state index contributed by atoms with van der Waals surface area (Å²) in [6.45, 7) is 2.41. The van der Waals surface area contributed by atoms with Crippen LogP contribution in [0.3, 0.4) is 0 Å². The molecule has 0 aromatic heterocycles. The van der Waals surface area contributed by atoms with Crippen molar-refractivity contribution in [2.45, 2.75) is 70.3 Å². The zero-order valence-electron chi connectivity index (χ0n) is 21.1. The summed E-state index contributed by atoms with van der Waals surface area (Å²) in [6, 6.07) is 19.6. The van der Waals surface area contributed by atoms with Gasteiger partial charge in [0, 0.05) is 13.2 Å². The minimum Gasteiger partial charge on any atom is -0.379 e. The monoisotopic (exact) mass is 498 g/mol. The van der Waals surface area contributed by atoms with Gasteiger partial charge in [-0.05, 0) is 48.8 Å². The van der Waals surface area contributed by atoms with E-state index in [9.17, 15) is 4.79 Å². The van der Waals surface area contributed by atoms with E-state index >= 15 is 0 Å². The molecule has 1 heterocycles. The number of ether oxygens (including phenoxy) is 1. The van der Waals surface area contributed by atoms with Gasteiger partial charge in [0.05, 0.1) is 19.2 Å². The fraction of sp³-hybridized carbons (Fsp3) is 0.500. The molecule has 1 atom stereocenters. The predicted molar refractivity (Wildman–Crippen MR) is 150 cm³/mol. The molecule has 0 aliphatic carbocycles. The quantitative estimate of drug-likeness (QED) is 0.272. The van der Waals surface area contributed by atoms with Gasteiger partial charge in [-0.1, -0.05) is 98.9 Å². The van der Waals surface area contributed by atoms with E-state index in [1.54, 1.807) is 0 Å². The van der Waals surface area contributed by atoms with Gasteiger partial charge in [-0.3, -0.25) is 4.79 Å². The van der Waals surface area contributed by atoms with Crippen LogP contribution >= 0.6 is 12.4 Å². The summed E-state index contributed by atoms with van der Waals surface area (Å²) in [5, 5.41) is 0. The van der Waals surface area contributed by atoms with E-state index in [1.807, 2.05) is 4.90 Å². The lowest BCUT2D eigenvalue weighted by Crippen LogP contribution is -2.41. The lowest BCUT2D eigenvalue weighted by Gasteiger charge is -2.24. The molecule has 0 radical (unpaired) electrons. The summed E-state index contributed by atoms with van der Waals surface area (Å²) in [5.74, 6) is 0.0547. The Morgan fingerprint density at radius 3 is 2.29 bits per heavy atom. The number of carbonyl (C=O) groups excluding carboxylic acids is 1. The zero-order valence-corrected chi connectivity index (χ0v) is 21.9. The van der Waals surface area contributed by atoms with Gasteiger partial charge in [0.2, 0.25) is 5.91 Å². The SMILES string of the molecule is Cl.NCC(=O)N1CCC[C@H]1COCCCCCCCCC/C=C/c1ccc(-c2ccccc2)cc1. The van der Waals surface area contributed by atoms with Gasteiger partial charge in [0.25, 0.3) is 0 Å². The number of carbonyl (C=O) groups is 1. The van der Waals surface area contributed by atoms with Gasteiger partial charge in [-0.15, -0.1) is 12.4 Å². The predicted octanol–water partition coefficient (Wildman–Crippen LogP) is 6.88. The summed E-state index contributed by atoms with van der Waals surface area (Å²) in [4.78, 5) is 13.7. The van der Waals surface area contributed by atoms with Crippen LogP contribution in [0.2, 0.25) is 0 Å². The standard InChI is InChI=1S/C30H42N2O2.ClH/c31-24-30(33)32-22-13-17-29(32)25-34-23-12-7-5-3-1-2-4-6-9-14-26-18-20-28(21-19-26)27-15-10-8-11-16-27;/h8-11,14-16,18-21,29H,1-7,12-13,17,22-25,31H2;1H/b14-9+;/t29-;/m0./s1. The minimum absolute atomic E-state index is 0. The van der Waals surface area contributed by atoms with Crippen molar-refractivity contribution < 1.29 is 9.53 Å². The topological polar surface area (TPSA) is 55.6 Å². The van der Waals surface area contributed by atoms with Crippen molar-refractivity contribution in [3.63, 3.8) is 0 Å². The van der Waals surface area contributed by atoms with Crippen LogP contribution in [0.1, 0.15) is 69.8 Å². The zero-order chi connectivity index (χ0) is 23.8. The third-order valence-electron chi connectivity index (χ3n) is 6.67. The molecule has 1 amide bonds. The molecule has 2 N–H and O–H groups in total. The van der Waals surface area contributed by atoms with Crippen LogP contribution in [0.4, 0.5) is 0 Å². The number of nitrogens with two attached hydrogens (primary N) is 1. The van der Waals surface area contributed by atoms with Gasteiger partial charge in [0.15, 0.2) is 0 Å². The Balaban J connectivity index is 0.00000432. The molecule has 4 nitrogen and oxygen atoms in total. The molecule has 1 aliphatic heterocycles. The molecule has 1 saturated heterocycles. The van der Waals surface area contributed by atoms with Crippen molar-refractivity contribution >= 4 is 24.4 Å². The molecule has 192 valence electrons. The van der Waals surface area contributed by atoms with Crippen molar-refractivity contribution in [2.75, 3.05) is 26.3 Å². The van der Waals surface area contributed by atoms with E-state index in [0.29, 0.717) is 6.61 Å². The normalized spacial score (nSPS) is 15.5. The molecule has 5 heteroatoms. The second-order valence-corrected chi connectivity index (χ2v) is 9.32. The number of rotatable bonds is 15. The van der Waals surface area contributed by atoms with E-state index in [0.717, 1.165) is 38.8 Å². The van der Waals surface area contributed by atoms with E-state index in [-0.39, 0.29) is 30.9 Å². The fourth-order valence-electron chi connectivity index (χ4n) is 4.66. The molecule has 0 unspecified atom stereocenters. The Labute approximate surface area is 218 Å². The van der Waals surface area contributed by atoms with Crippen LogP contribution in [0.5, 0.6) is 0 Å². The number of hydrogen-bond donors (Lipinski definition) is 1. The van der Waals surface area contributed by atoms with Gasteiger partial charge < -0.3 is 15.4 Å².